The molecule has 0 saturated heterocycles. The molecular weight excluding hydrogens is 312 g/mol. The number of nitrogens with zero attached hydrogens (tertiary/aromatic N) is 1. The Labute approximate surface area is 137 Å². The van der Waals surface area contributed by atoms with Gasteiger partial charge in [0.05, 0.1) is 7.11 Å². The molecule has 0 spiro atoms. The van der Waals surface area contributed by atoms with Gasteiger partial charge in [-0.25, -0.2) is 13.1 Å². The molecule has 0 bridgehead atoms. The number of hydrogen-bond acceptors (Lipinski definition) is 4. The van der Waals surface area contributed by atoms with Gasteiger partial charge in [-0.3, -0.25) is 0 Å². The van der Waals surface area contributed by atoms with E-state index in [4.69, 9.17) is 4.74 Å². The normalized spacial score (nSPS) is 11.3. The van der Waals surface area contributed by atoms with E-state index < -0.39 is 10.0 Å². The quantitative estimate of drug-likeness (QED) is 0.882. The predicted molar refractivity (Wildman–Crippen MR) is 92.5 cm³/mol. The zero-order valence-corrected chi connectivity index (χ0v) is 14.6. The van der Waals surface area contributed by atoms with Crippen LogP contribution in [0, 0.1) is 6.92 Å². The number of sulfonamides is 1. The second-order valence-electron chi connectivity index (χ2n) is 5.54. The van der Waals surface area contributed by atoms with E-state index in [0.29, 0.717) is 5.75 Å². The molecule has 0 unspecified atom stereocenters. The van der Waals surface area contributed by atoms with Gasteiger partial charge in [-0.1, -0.05) is 18.2 Å². The first-order valence-corrected chi connectivity index (χ1v) is 8.72. The number of rotatable bonds is 6. The molecule has 2 rings (SSSR count). The number of anilines is 1. The molecule has 2 aromatic carbocycles. The minimum absolute atomic E-state index is 0.157. The van der Waals surface area contributed by atoms with E-state index in [-0.39, 0.29) is 11.4 Å². The molecule has 0 atom stereocenters. The van der Waals surface area contributed by atoms with E-state index in [9.17, 15) is 8.42 Å². The highest BCUT2D eigenvalue weighted by atomic mass is 32.2. The number of aryl methyl sites for hydroxylation is 1. The molecule has 0 saturated carbocycles. The summed E-state index contributed by atoms with van der Waals surface area (Å²) in [6.07, 6.45) is 0. The summed E-state index contributed by atoms with van der Waals surface area (Å²) in [6.45, 7) is 2.07. The fourth-order valence-corrected chi connectivity index (χ4v) is 3.43. The van der Waals surface area contributed by atoms with Gasteiger partial charge in [-0.15, -0.1) is 0 Å². The molecule has 23 heavy (non-hydrogen) atoms. The monoisotopic (exact) mass is 334 g/mol. The Hall–Kier alpha value is -2.05. The summed E-state index contributed by atoms with van der Waals surface area (Å²) in [4.78, 5) is 2.15. The third-order valence-electron chi connectivity index (χ3n) is 3.53. The Balaban J connectivity index is 2.17. The van der Waals surface area contributed by atoms with Crippen LogP contribution in [0.1, 0.15) is 11.1 Å². The lowest BCUT2D eigenvalue weighted by Gasteiger charge is -2.14. The molecule has 0 heterocycles. The van der Waals surface area contributed by atoms with Crippen molar-refractivity contribution in [3.05, 3.63) is 53.6 Å². The van der Waals surface area contributed by atoms with Crippen LogP contribution in [0.4, 0.5) is 5.69 Å². The average molecular weight is 334 g/mol. The van der Waals surface area contributed by atoms with Gasteiger partial charge in [0.25, 0.3) is 0 Å². The fraction of sp³-hybridized carbons (Fsp3) is 0.294. The van der Waals surface area contributed by atoms with Crippen molar-refractivity contribution < 1.29 is 13.2 Å². The zero-order valence-electron chi connectivity index (χ0n) is 13.8. The maximum atomic E-state index is 12.5. The van der Waals surface area contributed by atoms with Crippen LogP contribution in [0.25, 0.3) is 0 Å². The van der Waals surface area contributed by atoms with Crippen molar-refractivity contribution in [1.29, 1.82) is 0 Å². The minimum atomic E-state index is -3.64. The largest absolute Gasteiger partial charge is 0.495 e. The van der Waals surface area contributed by atoms with Crippen LogP contribution in [0.3, 0.4) is 0 Å². The van der Waals surface area contributed by atoms with E-state index in [1.165, 1.54) is 7.11 Å². The number of ether oxygens (including phenoxy) is 1. The third-order valence-corrected chi connectivity index (χ3v) is 4.95. The van der Waals surface area contributed by atoms with Gasteiger partial charge in [0, 0.05) is 26.3 Å². The van der Waals surface area contributed by atoms with Gasteiger partial charge in [0.15, 0.2) is 0 Å². The van der Waals surface area contributed by atoms with E-state index in [1.807, 2.05) is 56.3 Å². The van der Waals surface area contributed by atoms with Gasteiger partial charge < -0.3 is 9.64 Å². The Bertz CT molecular complexity index is 769. The SMILES string of the molecule is COc1ccc(C)cc1S(=O)(=O)NCc1ccc(N(C)C)cc1. The molecule has 2 aromatic rings. The highest BCUT2D eigenvalue weighted by molar-refractivity contribution is 7.89. The minimum Gasteiger partial charge on any atom is -0.495 e. The Morgan fingerprint density at radius 1 is 1.09 bits per heavy atom. The third kappa shape index (κ3) is 4.24. The lowest BCUT2D eigenvalue weighted by atomic mass is 10.2. The first-order chi connectivity index (χ1) is 10.8. The van der Waals surface area contributed by atoms with Crippen LogP contribution in [0.5, 0.6) is 5.75 Å². The Morgan fingerprint density at radius 3 is 2.30 bits per heavy atom. The summed E-state index contributed by atoms with van der Waals surface area (Å²) in [6, 6.07) is 12.8. The van der Waals surface area contributed by atoms with Crippen molar-refractivity contribution in [2.45, 2.75) is 18.4 Å². The van der Waals surface area contributed by atoms with Crippen molar-refractivity contribution >= 4 is 15.7 Å². The molecule has 0 aliphatic heterocycles. The van der Waals surface area contributed by atoms with E-state index in [0.717, 1.165) is 16.8 Å². The smallest absolute Gasteiger partial charge is 0.244 e. The van der Waals surface area contributed by atoms with Gasteiger partial charge in [-0.2, -0.15) is 0 Å². The van der Waals surface area contributed by atoms with Crippen molar-refractivity contribution in [2.75, 3.05) is 26.1 Å². The molecule has 0 aromatic heterocycles. The van der Waals surface area contributed by atoms with Crippen LogP contribution in [0.2, 0.25) is 0 Å². The zero-order chi connectivity index (χ0) is 17.0. The molecule has 0 radical (unpaired) electrons. The number of methoxy groups -OCH3 is 1. The van der Waals surface area contributed by atoms with E-state index in [1.54, 1.807) is 12.1 Å². The van der Waals surface area contributed by atoms with Crippen molar-refractivity contribution in [1.82, 2.24) is 4.72 Å². The van der Waals surface area contributed by atoms with Gasteiger partial charge in [0.2, 0.25) is 10.0 Å². The Kier molecular flexibility index (Phi) is 5.28. The highest BCUT2D eigenvalue weighted by Gasteiger charge is 2.19. The average Bonchev–Trinajstić information content (AvgIpc) is 2.53. The first-order valence-electron chi connectivity index (χ1n) is 7.24. The number of benzene rings is 2. The van der Waals surface area contributed by atoms with Crippen LogP contribution < -0.4 is 14.4 Å². The van der Waals surface area contributed by atoms with Crippen LogP contribution in [-0.4, -0.2) is 29.6 Å². The van der Waals surface area contributed by atoms with Gasteiger partial charge in [-0.05, 0) is 42.3 Å². The van der Waals surface area contributed by atoms with Crippen LogP contribution >= 0.6 is 0 Å². The number of nitrogens with one attached hydrogen (secondary N) is 1. The summed E-state index contributed by atoms with van der Waals surface area (Å²) in [5.41, 5.74) is 2.82. The first kappa shape index (κ1) is 17.3. The number of hydrogen-bond donors (Lipinski definition) is 1. The molecule has 0 amide bonds. The fourth-order valence-electron chi connectivity index (χ4n) is 2.16. The second kappa shape index (κ2) is 7.02. The summed E-state index contributed by atoms with van der Waals surface area (Å²) in [7, 11) is 1.75. The maximum Gasteiger partial charge on any atom is 0.244 e. The topological polar surface area (TPSA) is 58.6 Å². The maximum absolute atomic E-state index is 12.5. The predicted octanol–water partition coefficient (Wildman–Crippen LogP) is 2.55. The highest BCUT2D eigenvalue weighted by Crippen LogP contribution is 2.24. The molecular formula is C17H22N2O3S. The summed E-state index contributed by atoms with van der Waals surface area (Å²) in [5.74, 6) is 0.339. The molecule has 1 N–H and O–H groups in total. The van der Waals surface area contributed by atoms with Crippen molar-refractivity contribution in [2.24, 2.45) is 0 Å². The molecule has 0 aliphatic rings. The van der Waals surface area contributed by atoms with Crippen molar-refractivity contribution in [3.8, 4) is 5.75 Å². The Morgan fingerprint density at radius 2 is 1.74 bits per heavy atom. The van der Waals surface area contributed by atoms with E-state index >= 15 is 0 Å². The summed E-state index contributed by atoms with van der Waals surface area (Å²) in [5, 5.41) is 0. The van der Waals surface area contributed by atoms with E-state index in [2.05, 4.69) is 4.72 Å². The second-order valence-corrected chi connectivity index (χ2v) is 7.28. The molecule has 124 valence electrons. The molecule has 0 aliphatic carbocycles. The summed E-state index contributed by atoms with van der Waals surface area (Å²) < 4.78 is 32.8. The van der Waals surface area contributed by atoms with Gasteiger partial charge in [0.1, 0.15) is 10.6 Å². The lowest BCUT2D eigenvalue weighted by Crippen LogP contribution is -2.24. The standard InChI is InChI=1S/C17H22N2O3S/c1-13-5-10-16(22-4)17(11-13)23(20,21)18-12-14-6-8-15(9-7-14)19(2)3/h5-11,18H,12H2,1-4H3. The van der Waals surface area contributed by atoms with Crippen molar-refractivity contribution in [3.63, 3.8) is 0 Å². The molecule has 0 fully saturated rings. The molecule has 6 heteroatoms. The lowest BCUT2D eigenvalue weighted by molar-refractivity contribution is 0.402. The van der Waals surface area contributed by atoms with Gasteiger partial charge >= 0.3 is 0 Å². The summed E-state index contributed by atoms with van der Waals surface area (Å²) >= 11 is 0. The molecule has 5 nitrogen and oxygen atoms in total. The van der Waals surface area contributed by atoms with Crippen LogP contribution in [-0.2, 0) is 16.6 Å². The van der Waals surface area contributed by atoms with Crippen LogP contribution in [0.15, 0.2) is 47.4 Å².